The summed E-state index contributed by atoms with van der Waals surface area (Å²) in [6, 6.07) is 7.13. The van der Waals surface area contributed by atoms with Crippen molar-refractivity contribution in [2.45, 2.75) is 25.9 Å². The normalized spacial score (nSPS) is 12.3. The smallest absolute Gasteiger partial charge is 0.307 e. The van der Waals surface area contributed by atoms with Gasteiger partial charge in [0.2, 0.25) is 0 Å². The Morgan fingerprint density at radius 1 is 1.23 bits per heavy atom. The highest BCUT2D eigenvalue weighted by atomic mass is 31.2. The molecule has 1 atom stereocenters. The number of hydrogen-bond acceptors (Lipinski definition) is 8. The first-order valence-corrected chi connectivity index (χ1v) is 12.5. The fourth-order valence-electron chi connectivity index (χ4n) is 2.95. The molecule has 0 unspecified atom stereocenters. The minimum atomic E-state index is -2.90. The van der Waals surface area contributed by atoms with Crippen LogP contribution in [0.15, 0.2) is 35.3 Å². The molecule has 0 aliphatic carbocycles. The number of aromatic nitrogens is 2. The summed E-state index contributed by atoms with van der Waals surface area (Å²) in [4.78, 5) is 24.2. The third-order valence-electron chi connectivity index (χ3n) is 4.50. The van der Waals surface area contributed by atoms with Crippen LogP contribution < -0.4 is 20.9 Å². The first-order valence-electron chi connectivity index (χ1n) is 9.85. The lowest BCUT2D eigenvalue weighted by atomic mass is 10.2. The fourth-order valence-corrected chi connectivity index (χ4v) is 4.22. The summed E-state index contributed by atoms with van der Waals surface area (Å²) in [5, 5.41) is 7.64. The molecule has 0 amide bonds. The highest BCUT2D eigenvalue weighted by molar-refractivity contribution is 7.70. The molecule has 10 heteroatoms. The zero-order valence-corrected chi connectivity index (χ0v) is 19.5. The maximum Gasteiger partial charge on any atom is 0.307 e. The molecule has 1 aromatic carbocycles. The predicted molar refractivity (Wildman–Crippen MR) is 120 cm³/mol. The third-order valence-corrected chi connectivity index (χ3v) is 6.01. The molecule has 31 heavy (non-hydrogen) atoms. The molecule has 1 N–H and O–H groups in total. The van der Waals surface area contributed by atoms with Crippen molar-refractivity contribution in [2.24, 2.45) is 0 Å². The summed E-state index contributed by atoms with van der Waals surface area (Å²) < 4.78 is 29.4. The van der Waals surface area contributed by atoms with Gasteiger partial charge < -0.3 is 24.1 Å². The van der Waals surface area contributed by atoms with Crippen LogP contribution in [0.1, 0.15) is 18.9 Å². The first-order chi connectivity index (χ1) is 14.7. The van der Waals surface area contributed by atoms with Gasteiger partial charge >= 0.3 is 5.97 Å². The minimum absolute atomic E-state index is 0.163. The number of esters is 1. The Morgan fingerprint density at radius 2 is 1.90 bits per heavy atom. The number of nitrogens with one attached hydrogen (secondary N) is 1. The van der Waals surface area contributed by atoms with E-state index in [1.54, 1.807) is 20.4 Å². The minimum Gasteiger partial charge on any atom is -0.497 e. The van der Waals surface area contributed by atoms with E-state index in [0.717, 1.165) is 11.3 Å². The Hall–Kier alpha value is -2.64. The number of anilines is 1. The summed E-state index contributed by atoms with van der Waals surface area (Å²) in [6.07, 6.45) is 1.68. The van der Waals surface area contributed by atoms with Crippen molar-refractivity contribution in [1.29, 1.82) is 0 Å². The first kappa shape index (κ1) is 24.6. The van der Waals surface area contributed by atoms with Crippen molar-refractivity contribution in [3.63, 3.8) is 0 Å². The topological polar surface area (TPSA) is 109 Å². The highest BCUT2D eigenvalue weighted by Gasteiger charge is 2.24. The second-order valence-electron chi connectivity index (χ2n) is 7.52. The van der Waals surface area contributed by atoms with Crippen LogP contribution in [0.4, 0.5) is 5.69 Å². The zero-order valence-electron chi connectivity index (χ0n) is 18.6. The molecule has 0 fully saturated rings. The van der Waals surface area contributed by atoms with Crippen LogP contribution in [0.3, 0.4) is 0 Å². The van der Waals surface area contributed by atoms with Crippen LogP contribution in [0.2, 0.25) is 0 Å². The lowest BCUT2D eigenvalue weighted by molar-refractivity contribution is -0.141. The lowest BCUT2D eigenvalue weighted by Crippen LogP contribution is -2.39. The molecule has 0 spiro atoms. The van der Waals surface area contributed by atoms with Gasteiger partial charge in [0.15, 0.2) is 0 Å². The summed E-state index contributed by atoms with van der Waals surface area (Å²) in [5.74, 6) is 0.379. The van der Waals surface area contributed by atoms with Gasteiger partial charge in [0.1, 0.15) is 18.2 Å². The molecule has 1 aromatic heterocycles. The maximum absolute atomic E-state index is 13.1. The van der Waals surface area contributed by atoms with E-state index in [-0.39, 0.29) is 36.9 Å². The number of rotatable bonds is 11. The van der Waals surface area contributed by atoms with E-state index < -0.39 is 12.7 Å². The molecule has 0 bridgehead atoms. The fraction of sp³-hybridized carbons (Fsp3) is 0.476. The molecule has 2 aromatic rings. The molecule has 170 valence electrons. The van der Waals surface area contributed by atoms with Gasteiger partial charge in [0.25, 0.3) is 5.56 Å². The SMILES string of the molecule is COC(=O)CCOC[C@H](C)Nc1cnn(Cc2ccc(OC)cc2)c(=O)c1P(C)(C)=O. The molecule has 0 aliphatic rings. The standard InChI is InChI=1S/C21H30N3O6P/c1-15(14-30-11-10-19(25)29-3)23-18-12-22-24(21(26)20(18)31(4,5)27)13-16-6-8-17(28-2)9-7-16/h6-9,12,15,23H,10-11,13-14H2,1-5H3/t15-/m0/s1. The van der Waals surface area contributed by atoms with E-state index in [2.05, 4.69) is 15.2 Å². The zero-order chi connectivity index (χ0) is 23.0. The van der Waals surface area contributed by atoms with Gasteiger partial charge in [-0.2, -0.15) is 5.10 Å². The van der Waals surface area contributed by atoms with E-state index in [4.69, 9.17) is 9.47 Å². The van der Waals surface area contributed by atoms with Crippen molar-refractivity contribution < 1.29 is 23.6 Å². The van der Waals surface area contributed by atoms with Gasteiger partial charge in [-0.3, -0.25) is 9.59 Å². The Bertz CT molecular complexity index is 984. The Balaban J connectivity index is 2.16. The molecular formula is C21H30N3O6P. The number of carbonyl (C=O) groups is 1. The third kappa shape index (κ3) is 7.22. The second-order valence-corrected chi connectivity index (χ2v) is 10.7. The molecule has 0 aliphatic heterocycles. The van der Waals surface area contributed by atoms with Crippen molar-refractivity contribution in [3.05, 3.63) is 46.4 Å². The van der Waals surface area contributed by atoms with Crippen LogP contribution in [0.5, 0.6) is 5.75 Å². The van der Waals surface area contributed by atoms with Gasteiger partial charge in [0, 0.05) is 6.04 Å². The van der Waals surface area contributed by atoms with Crippen molar-refractivity contribution in [3.8, 4) is 5.75 Å². The average molecular weight is 451 g/mol. The largest absolute Gasteiger partial charge is 0.497 e. The average Bonchev–Trinajstić information content (AvgIpc) is 2.72. The number of carbonyl (C=O) groups excluding carboxylic acids is 1. The summed E-state index contributed by atoms with van der Waals surface area (Å²) in [7, 11) is 0.0120. The summed E-state index contributed by atoms with van der Waals surface area (Å²) in [5.41, 5.74) is 0.901. The highest BCUT2D eigenvalue weighted by Crippen LogP contribution is 2.35. The molecule has 0 saturated heterocycles. The number of nitrogens with zero attached hydrogens (tertiary/aromatic N) is 2. The van der Waals surface area contributed by atoms with Crippen LogP contribution in [0, 0.1) is 0 Å². The molecule has 9 nitrogen and oxygen atoms in total. The second kappa shape index (κ2) is 11.1. The number of ether oxygens (including phenoxy) is 3. The van der Waals surface area contributed by atoms with Crippen molar-refractivity contribution >= 4 is 24.1 Å². The molecule has 1 heterocycles. The quantitative estimate of drug-likeness (QED) is 0.314. The summed E-state index contributed by atoms with van der Waals surface area (Å²) in [6.45, 7) is 5.76. The Morgan fingerprint density at radius 3 is 2.48 bits per heavy atom. The molecular weight excluding hydrogens is 421 g/mol. The number of methoxy groups -OCH3 is 2. The van der Waals surface area contributed by atoms with Gasteiger partial charge in [-0.1, -0.05) is 12.1 Å². The van der Waals surface area contributed by atoms with Gasteiger partial charge in [-0.05, 0) is 37.9 Å². The molecule has 2 rings (SSSR count). The van der Waals surface area contributed by atoms with E-state index in [1.807, 2.05) is 31.2 Å². The summed E-state index contributed by atoms with van der Waals surface area (Å²) >= 11 is 0. The number of hydrogen-bond donors (Lipinski definition) is 1. The van der Waals surface area contributed by atoms with Crippen molar-refractivity contribution in [2.75, 3.05) is 46.1 Å². The van der Waals surface area contributed by atoms with Crippen LogP contribution >= 0.6 is 7.14 Å². The lowest BCUT2D eigenvalue weighted by Gasteiger charge is -2.20. The van der Waals surface area contributed by atoms with Crippen molar-refractivity contribution in [1.82, 2.24) is 9.78 Å². The van der Waals surface area contributed by atoms with E-state index >= 15 is 0 Å². The predicted octanol–water partition coefficient (Wildman–Crippen LogP) is 1.93. The molecule has 0 saturated carbocycles. The monoisotopic (exact) mass is 451 g/mol. The van der Waals surface area contributed by atoms with Gasteiger partial charge in [-0.15, -0.1) is 0 Å². The molecule has 0 radical (unpaired) electrons. The van der Waals surface area contributed by atoms with E-state index in [9.17, 15) is 14.2 Å². The van der Waals surface area contributed by atoms with Crippen LogP contribution in [-0.4, -0.2) is 62.6 Å². The van der Waals surface area contributed by atoms with Gasteiger partial charge in [0.05, 0.1) is 52.3 Å². The maximum atomic E-state index is 13.1. The van der Waals surface area contributed by atoms with Gasteiger partial charge in [-0.25, -0.2) is 4.68 Å². The van der Waals surface area contributed by atoms with E-state index in [1.165, 1.54) is 18.0 Å². The Labute approximate surface area is 182 Å². The van der Waals surface area contributed by atoms with Crippen LogP contribution in [0.25, 0.3) is 0 Å². The van der Waals surface area contributed by atoms with E-state index in [0.29, 0.717) is 12.3 Å². The van der Waals surface area contributed by atoms with Crippen LogP contribution in [-0.2, 0) is 25.4 Å². The number of benzene rings is 1. The Kier molecular flexibility index (Phi) is 8.83.